The number of nitrogens with one attached hydrogen (secondary N) is 1. The molecular weight excluding hydrogens is 291 g/mol. The molecule has 0 aliphatic carbocycles. The fourth-order valence-electron chi connectivity index (χ4n) is 1.64. The molecule has 0 bridgehead atoms. The highest BCUT2D eigenvalue weighted by molar-refractivity contribution is 5.95. The first kappa shape index (κ1) is 16.7. The highest BCUT2D eigenvalue weighted by Crippen LogP contribution is 2.26. The lowest BCUT2D eigenvalue weighted by atomic mass is 10.1. The van der Waals surface area contributed by atoms with Gasteiger partial charge in [-0.05, 0) is 12.1 Å². The van der Waals surface area contributed by atoms with Crippen molar-refractivity contribution >= 4 is 17.3 Å². The molecule has 116 valence electrons. The minimum absolute atomic E-state index is 0.0784. The number of hydrogen-bond acceptors (Lipinski definition) is 4. The number of benzene rings is 1. The van der Waals surface area contributed by atoms with Gasteiger partial charge in [0.25, 0.3) is 11.6 Å². The summed E-state index contributed by atoms with van der Waals surface area (Å²) in [5, 5.41) is 13.3. The molecule has 1 N–H and O–H groups in total. The lowest BCUT2D eigenvalue weighted by Crippen LogP contribution is -2.30. The molecular formula is C12H14F3N3O3. The van der Waals surface area contributed by atoms with Gasteiger partial charge in [0.15, 0.2) is 0 Å². The summed E-state index contributed by atoms with van der Waals surface area (Å²) in [5.41, 5.74) is -0.0170. The molecule has 0 spiro atoms. The summed E-state index contributed by atoms with van der Waals surface area (Å²) in [6.07, 6.45) is -5.46. The molecule has 0 radical (unpaired) electrons. The first-order valence-electron chi connectivity index (χ1n) is 5.94. The largest absolute Gasteiger partial charge is 0.390 e. The molecule has 0 saturated carbocycles. The Morgan fingerprint density at radius 2 is 2.05 bits per heavy atom. The molecule has 21 heavy (non-hydrogen) atoms. The van der Waals surface area contributed by atoms with Crippen LogP contribution in [0.4, 0.5) is 24.5 Å². The van der Waals surface area contributed by atoms with E-state index in [-0.39, 0.29) is 16.9 Å². The SMILES string of the molecule is CNc1cc(C(=O)N(C)CCC(F)(F)F)ccc1[N+](=O)[O-]. The fraction of sp³-hybridized carbons (Fsp3) is 0.417. The Balaban J connectivity index is 2.90. The number of amides is 1. The summed E-state index contributed by atoms with van der Waals surface area (Å²) in [6.45, 7) is -0.478. The molecule has 0 heterocycles. The minimum atomic E-state index is -4.35. The third-order valence-electron chi connectivity index (χ3n) is 2.79. The van der Waals surface area contributed by atoms with E-state index in [1.54, 1.807) is 0 Å². The van der Waals surface area contributed by atoms with Crippen LogP contribution in [0.1, 0.15) is 16.8 Å². The van der Waals surface area contributed by atoms with E-state index in [2.05, 4.69) is 5.32 Å². The van der Waals surface area contributed by atoms with Crippen molar-refractivity contribution in [2.75, 3.05) is 26.0 Å². The van der Waals surface area contributed by atoms with Crippen molar-refractivity contribution in [1.29, 1.82) is 0 Å². The second kappa shape index (κ2) is 6.42. The Kier molecular flexibility index (Phi) is 5.12. The molecule has 0 aromatic heterocycles. The normalized spacial score (nSPS) is 11.1. The number of nitro benzene ring substituents is 1. The van der Waals surface area contributed by atoms with E-state index >= 15 is 0 Å². The number of anilines is 1. The molecule has 1 aromatic rings. The van der Waals surface area contributed by atoms with E-state index in [1.807, 2.05) is 0 Å². The highest BCUT2D eigenvalue weighted by Gasteiger charge is 2.28. The van der Waals surface area contributed by atoms with Crippen LogP contribution in [-0.4, -0.2) is 42.5 Å². The number of hydrogen-bond donors (Lipinski definition) is 1. The van der Waals surface area contributed by atoms with Gasteiger partial charge in [-0.25, -0.2) is 0 Å². The highest BCUT2D eigenvalue weighted by atomic mass is 19.4. The van der Waals surface area contributed by atoms with Crippen molar-refractivity contribution in [2.24, 2.45) is 0 Å². The van der Waals surface area contributed by atoms with E-state index in [1.165, 1.54) is 26.2 Å². The third-order valence-corrected chi connectivity index (χ3v) is 2.79. The zero-order valence-electron chi connectivity index (χ0n) is 11.4. The molecule has 0 aliphatic heterocycles. The zero-order valence-corrected chi connectivity index (χ0v) is 11.4. The molecule has 9 heteroatoms. The van der Waals surface area contributed by atoms with Crippen molar-refractivity contribution in [3.05, 3.63) is 33.9 Å². The van der Waals surface area contributed by atoms with Crippen LogP contribution in [0.5, 0.6) is 0 Å². The van der Waals surface area contributed by atoms with Gasteiger partial charge in [-0.2, -0.15) is 13.2 Å². The maximum Gasteiger partial charge on any atom is 0.390 e. The molecule has 1 amide bonds. The standard InChI is InChI=1S/C12H14F3N3O3/c1-16-9-7-8(3-4-10(9)18(20)21)11(19)17(2)6-5-12(13,14)15/h3-4,7,16H,5-6H2,1-2H3. The van der Waals surface area contributed by atoms with Crippen molar-refractivity contribution in [3.8, 4) is 0 Å². The second-order valence-corrected chi connectivity index (χ2v) is 4.33. The predicted molar refractivity (Wildman–Crippen MR) is 70.3 cm³/mol. The Morgan fingerprint density at radius 1 is 1.43 bits per heavy atom. The van der Waals surface area contributed by atoms with Gasteiger partial charge in [0, 0.05) is 32.3 Å². The molecule has 0 unspecified atom stereocenters. The van der Waals surface area contributed by atoms with E-state index in [0.717, 1.165) is 11.0 Å². The van der Waals surface area contributed by atoms with Crippen LogP contribution in [0.25, 0.3) is 0 Å². The van der Waals surface area contributed by atoms with Crippen molar-refractivity contribution in [1.82, 2.24) is 4.90 Å². The monoisotopic (exact) mass is 305 g/mol. The van der Waals surface area contributed by atoms with Crippen LogP contribution in [-0.2, 0) is 0 Å². The maximum atomic E-state index is 12.1. The topological polar surface area (TPSA) is 75.5 Å². The lowest BCUT2D eigenvalue weighted by Gasteiger charge is -2.18. The van der Waals surface area contributed by atoms with Crippen LogP contribution in [0.15, 0.2) is 18.2 Å². The maximum absolute atomic E-state index is 12.1. The Bertz CT molecular complexity index is 546. The number of alkyl halides is 3. The molecule has 0 saturated heterocycles. The molecule has 1 rings (SSSR count). The summed E-state index contributed by atoms with van der Waals surface area (Å²) < 4.78 is 36.4. The van der Waals surface area contributed by atoms with Crippen molar-refractivity contribution < 1.29 is 22.9 Å². The first-order chi connectivity index (χ1) is 9.65. The molecule has 0 atom stereocenters. The van der Waals surface area contributed by atoms with Gasteiger partial charge < -0.3 is 10.2 Å². The van der Waals surface area contributed by atoms with Crippen molar-refractivity contribution in [2.45, 2.75) is 12.6 Å². The van der Waals surface area contributed by atoms with Crippen LogP contribution in [0.2, 0.25) is 0 Å². The quantitative estimate of drug-likeness (QED) is 0.670. The van der Waals surface area contributed by atoms with Gasteiger partial charge in [0.05, 0.1) is 11.3 Å². The smallest absolute Gasteiger partial charge is 0.383 e. The summed E-state index contributed by atoms with van der Waals surface area (Å²) >= 11 is 0. The Hall–Kier alpha value is -2.32. The van der Waals surface area contributed by atoms with Gasteiger partial charge in [0.1, 0.15) is 5.69 Å². The zero-order chi connectivity index (χ0) is 16.2. The number of halogens is 3. The van der Waals surface area contributed by atoms with E-state index < -0.39 is 30.0 Å². The molecule has 0 fully saturated rings. The summed E-state index contributed by atoms with van der Waals surface area (Å²) in [7, 11) is 2.69. The number of carbonyl (C=O) groups excluding carboxylic acids is 1. The van der Waals surface area contributed by atoms with Crippen LogP contribution >= 0.6 is 0 Å². The third kappa shape index (κ3) is 4.62. The molecule has 6 nitrogen and oxygen atoms in total. The van der Waals surface area contributed by atoms with Gasteiger partial charge in [-0.15, -0.1) is 0 Å². The van der Waals surface area contributed by atoms with Gasteiger partial charge in [0.2, 0.25) is 0 Å². The second-order valence-electron chi connectivity index (χ2n) is 4.33. The summed E-state index contributed by atoms with van der Waals surface area (Å²) in [6, 6.07) is 3.59. The average molecular weight is 305 g/mol. The van der Waals surface area contributed by atoms with Crippen LogP contribution in [0.3, 0.4) is 0 Å². The Morgan fingerprint density at radius 3 is 2.52 bits per heavy atom. The number of nitro groups is 1. The number of rotatable bonds is 5. The number of nitrogens with zero attached hydrogens (tertiary/aromatic N) is 2. The van der Waals surface area contributed by atoms with Gasteiger partial charge in [-0.3, -0.25) is 14.9 Å². The number of carbonyl (C=O) groups is 1. The van der Waals surface area contributed by atoms with Gasteiger partial charge in [-0.1, -0.05) is 0 Å². The summed E-state index contributed by atoms with van der Waals surface area (Å²) in [5.74, 6) is -0.634. The van der Waals surface area contributed by atoms with Crippen LogP contribution in [0, 0.1) is 10.1 Å². The van der Waals surface area contributed by atoms with Gasteiger partial charge >= 0.3 is 6.18 Å². The first-order valence-corrected chi connectivity index (χ1v) is 5.94. The van der Waals surface area contributed by atoms with Crippen molar-refractivity contribution in [3.63, 3.8) is 0 Å². The average Bonchev–Trinajstić information content (AvgIpc) is 2.42. The predicted octanol–water partition coefficient (Wildman–Crippen LogP) is 2.66. The lowest BCUT2D eigenvalue weighted by molar-refractivity contribution is -0.383. The minimum Gasteiger partial charge on any atom is -0.383 e. The van der Waals surface area contributed by atoms with E-state index in [0.29, 0.717) is 0 Å². The molecule has 0 aliphatic rings. The van der Waals surface area contributed by atoms with Crippen LogP contribution < -0.4 is 5.32 Å². The summed E-state index contributed by atoms with van der Waals surface area (Å²) in [4.78, 5) is 23.0. The Labute approximate surface area is 118 Å². The fourth-order valence-corrected chi connectivity index (χ4v) is 1.64. The van der Waals surface area contributed by atoms with E-state index in [4.69, 9.17) is 0 Å². The van der Waals surface area contributed by atoms with E-state index in [9.17, 15) is 28.1 Å². The molecule has 1 aromatic carbocycles.